The number of hydrogen-bond acceptors (Lipinski definition) is 4. The van der Waals surface area contributed by atoms with Gasteiger partial charge in [0.05, 0.1) is 0 Å². The predicted molar refractivity (Wildman–Crippen MR) is 54.2 cm³/mol. The summed E-state index contributed by atoms with van der Waals surface area (Å²) in [5.74, 6) is -1.50. The topological polar surface area (TPSA) is 113 Å². The Balaban J connectivity index is 3.59. The second kappa shape index (κ2) is 7.19. The number of nitrogens with two attached hydrogens (primary N) is 1. The summed E-state index contributed by atoms with van der Waals surface area (Å²) in [7, 11) is 0. The molecule has 0 aromatic heterocycles. The number of aliphatic hydroxyl groups excluding tert-OH is 1. The van der Waals surface area contributed by atoms with Crippen molar-refractivity contribution in [1.82, 2.24) is 5.32 Å². The summed E-state index contributed by atoms with van der Waals surface area (Å²) in [4.78, 5) is 21.4. The fraction of sp³-hybridized carbons (Fsp3) is 0.778. The Morgan fingerprint density at radius 3 is 2.53 bits per heavy atom. The van der Waals surface area contributed by atoms with E-state index in [2.05, 4.69) is 5.32 Å². The largest absolute Gasteiger partial charge is 0.479 e. The van der Waals surface area contributed by atoms with E-state index in [-0.39, 0.29) is 31.3 Å². The van der Waals surface area contributed by atoms with Crippen molar-refractivity contribution in [3.8, 4) is 0 Å². The van der Waals surface area contributed by atoms with Gasteiger partial charge in [0.25, 0.3) is 0 Å². The summed E-state index contributed by atoms with van der Waals surface area (Å²) < 4.78 is 0. The van der Waals surface area contributed by atoms with Gasteiger partial charge in [-0.2, -0.15) is 0 Å². The monoisotopic (exact) mass is 218 g/mol. The third kappa shape index (κ3) is 6.87. The zero-order valence-electron chi connectivity index (χ0n) is 8.77. The first-order chi connectivity index (χ1) is 6.97. The lowest BCUT2D eigenvalue weighted by Crippen LogP contribution is -2.34. The normalized spacial score (nSPS) is 14.3. The molecule has 0 radical (unpaired) electrons. The Kier molecular flexibility index (Phi) is 6.64. The molecule has 2 atom stereocenters. The molecule has 0 heterocycles. The highest BCUT2D eigenvalue weighted by Gasteiger charge is 2.13. The average Bonchev–Trinajstić information content (AvgIpc) is 2.17. The molecule has 0 aliphatic rings. The second-order valence-electron chi connectivity index (χ2n) is 3.37. The van der Waals surface area contributed by atoms with Gasteiger partial charge in [-0.25, -0.2) is 4.79 Å². The summed E-state index contributed by atoms with van der Waals surface area (Å²) in [6, 6.07) is -0.172. The van der Waals surface area contributed by atoms with E-state index < -0.39 is 12.1 Å². The Labute approximate surface area is 88.5 Å². The van der Waals surface area contributed by atoms with Crippen molar-refractivity contribution < 1.29 is 19.8 Å². The summed E-state index contributed by atoms with van der Waals surface area (Å²) in [5, 5.41) is 19.7. The summed E-state index contributed by atoms with van der Waals surface area (Å²) in [6.07, 6.45) is -0.488. The average molecular weight is 218 g/mol. The highest BCUT2D eigenvalue weighted by molar-refractivity contribution is 5.76. The van der Waals surface area contributed by atoms with Crippen LogP contribution in [0.3, 0.4) is 0 Å². The molecule has 0 spiro atoms. The van der Waals surface area contributed by atoms with Gasteiger partial charge in [0.15, 0.2) is 6.10 Å². The Morgan fingerprint density at radius 2 is 2.07 bits per heavy atom. The molecule has 0 fully saturated rings. The van der Waals surface area contributed by atoms with Gasteiger partial charge in [0.1, 0.15) is 0 Å². The van der Waals surface area contributed by atoms with Crippen LogP contribution < -0.4 is 11.1 Å². The summed E-state index contributed by atoms with van der Waals surface area (Å²) in [5.41, 5.74) is 5.55. The van der Waals surface area contributed by atoms with Crippen LogP contribution >= 0.6 is 0 Å². The first-order valence-electron chi connectivity index (χ1n) is 4.90. The highest BCUT2D eigenvalue weighted by Crippen LogP contribution is 1.94. The molecule has 1 amide bonds. The molecule has 0 aromatic rings. The summed E-state index contributed by atoms with van der Waals surface area (Å²) >= 11 is 0. The number of aliphatic hydroxyl groups is 1. The number of carboxylic acids is 1. The smallest absolute Gasteiger partial charge is 0.332 e. The van der Waals surface area contributed by atoms with Gasteiger partial charge in [0.2, 0.25) is 5.91 Å². The maximum Gasteiger partial charge on any atom is 0.332 e. The van der Waals surface area contributed by atoms with E-state index >= 15 is 0 Å². The molecular formula is C9H18N2O4. The minimum absolute atomic E-state index is 0.00242. The van der Waals surface area contributed by atoms with E-state index in [1.165, 1.54) is 0 Å². The van der Waals surface area contributed by atoms with Crippen molar-refractivity contribution in [2.24, 2.45) is 5.73 Å². The number of rotatable bonds is 7. The van der Waals surface area contributed by atoms with Crippen molar-refractivity contribution in [2.75, 3.05) is 6.54 Å². The minimum Gasteiger partial charge on any atom is -0.479 e. The van der Waals surface area contributed by atoms with Crippen LogP contribution in [0.15, 0.2) is 0 Å². The molecule has 5 N–H and O–H groups in total. The molecule has 0 aromatic carbocycles. The maximum atomic E-state index is 11.1. The first-order valence-corrected chi connectivity index (χ1v) is 4.90. The molecule has 6 heteroatoms. The van der Waals surface area contributed by atoms with Crippen LogP contribution in [0.5, 0.6) is 0 Å². The molecule has 0 saturated carbocycles. The zero-order chi connectivity index (χ0) is 11.8. The number of carbonyl (C=O) groups is 2. The molecule has 6 nitrogen and oxygen atoms in total. The molecular weight excluding hydrogens is 200 g/mol. The lowest BCUT2D eigenvalue weighted by Gasteiger charge is -2.10. The molecule has 15 heavy (non-hydrogen) atoms. The van der Waals surface area contributed by atoms with Gasteiger partial charge >= 0.3 is 5.97 Å². The van der Waals surface area contributed by atoms with Gasteiger partial charge < -0.3 is 21.3 Å². The number of carbonyl (C=O) groups excluding carboxylic acids is 1. The van der Waals surface area contributed by atoms with Crippen LogP contribution in [-0.2, 0) is 9.59 Å². The first kappa shape index (κ1) is 13.9. The Hall–Kier alpha value is -1.14. The fourth-order valence-corrected chi connectivity index (χ4v) is 0.926. The maximum absolute atomic E-state index is 11.1. The van der Waals surface area contributed by atoms with Crippen molar-refractivity contribution in [3.63, 3.8) is 0 Å². The minimum atomic E-state index is -1.43. The third-order valence-electron chi connectivity index (χ3n) is 2.00. The van der Waals surface area contributed by atoms with Crippen molar-refractivity contribution in [3.05, 3.63) is 0 Å². The van der Waals surface area contributed by atoms with Gasteiger partial charge in [0, 0.05) is 25.4 Å². The fourth-order valence-electron chi connectivity index (χ4n) is 0.926. The van der Waals surface area contributed by atoms with Crippen LogP contribution in [-0.4, -0.2) is 40.8 Å². The predicted octanol–water partition coefficient (Wildman–Crippen LogP) is -0.934. The Bertz CT molecular complexity index is 220. The van der Waals surface area contributed by atoms with Gasteiger partial charge in [-0.05, 0) is 6.42 Å². The number of carboxylic acid groups (broad SMARTS) is 1. The number of aliphatic carboxylic acids is 1. The molecule has 0 saturated heterocycles. The second-order valence-corrected chi connectivity index (χ2v) is 3.37. The van der Waals surface area contributed by atoms with E-state index in [4.69, 9.17) is 15.9 Å². The lowest BCUT2D eigenvalue weighted by atomic mass is 10.1. The summed E-state index contributed by atoms with van der Waals surface area (Å²) in [6.45, 7) is 2.02. The van der Waals surface area contributed by atoms with E-state index in [9.17, 15) is 9.59 Å². The van der Waals surface area contributed by atoms with Crippen LogP contribution in [0.25, 0.3) is 0 Å². The number of amides is 1. The molecule has 1 unspecified atom stereocenters. The van der Waals surface area contributed by atoms with Crippen LogP contribution in [0.2, 0.25) is 0 Å². The zero-order valence-corrected chi connectivity index (χ0v) is 8.77. The van der Waals surface area contributed by atoms with Gasteiger partial charge in [-0.1, -0.05) is 6.92 Å². The molecule has 0 aliphatic carbocycles. The molecule has 88 valence electrons. The van der Waals surface area contributed by atoms with E-state index in [1.807, 2.05) is 6.92 Å². The number of hydrogen-bond donors (Lipinski definition) is 4. The standard InChI is InChI=1S/C9H18N2O4/c1-2-6(10)5-8(13)11-4-3-7(12)9(14)15/h6-7,12H,2-5,10H2,1H3,(H,11,13)(H,14,15)/t6?,7-/m0/s1. The molecule has 0 aliphatic heterocycles. The highest BCUT2D eigenvalue weighted by atomic mass is 16.4. The van der Waals surface area contributed by atoms with Crippen molar-refractivity contribution >= 4 is 11.9 Å². The van der Waals surface area contributed by atoms with Crippen molar-refractivity contribution in [1.29, 1.82) is 0 Å². The lowest BCUT2D eigenvalue weighted by molar-refractivity contribution is -0.147. The van der Waals surface area contributed by atoms with Crippen LogP contribution in [0.1, 0.15) is 26.2 Å². The quantitative estimate of drug-likeness (QED) is 0.441. The van der Waals surface area contributed by atoms with E-state index in [0.717, 1.165) is 0 Å². The molecule has 0 rings (SSSR count). The van der Waals surface area contributed by atoms with Crippen LogP contribution in [0.4, 0.5) is 0 Å². The third-order valence-corrected chi connectivity index (χ3v) is 2.00. The molecule has 0 bridgehead atoms. The van der Waals surface area contributed by atoms with E-state index in [1.54, 1.807) is 0 Å². The number of nitrogens with one attached hydrogen (secondary N) is 1. The van der Waals surface area contributed by atoms with Crippen LogP contribution in [0, 0.1) is 0 Å². The van der Waals surface area contributed by atoms with E-state index in [0.29, 0.717) is 6.42 Å². The van der Waals surface area contributed by atoms with Gasteiger partial charge in [-0.3, -0.25) is 4.79 Å². The SMILES string of the molecule is CCC(N)CC(=O)NCC[C@H](O)C(=O)O. The Morgan fingerprint density at radius 1 is 1.47 bits per heavy atom. The van der Waals surface area contributed by atoms with Gasteiger partial charge in [-0.15, -0.1) is 0 Å². The van der Waals surface area contributed by atoms with Crippen molar-refractivity contribution in [2.45, 2.75) is 38.3 Å².